The zero-order valence-electron chi connectivity index (χ0n) is 64.9. The average molecular weight is 1570 g/mol. The Morgan fingerprint density at radius 1 is 0.213 bits per heavy atom. The molecule has 28 aromatic rings. The number of hydrogen-bond acceptors (Lipinski definition) is 8. The second-order valence-corrected chi connectivity index (χ2v) is 33.4. The van der Waals surface area contributed by atoms with Crippen molar-refractivity contribution in [2.75, 3.05) is 0 Å². The van der Waals surface area contributed by atoms with Gasteiger partial charge in [0.15, 0.2) is 34.9 Å². The molecule has 0 amide bonds. The monoisotopic (exact) mass is 1570 g/mol. The van der Waals surface area contributed by atoms with E-state index in [1.807, 2.05) is 65.9 Å². The summed E-state index contributed by atoms with van der Waals surface area (Å²) in [5.74, 6) is 3.41. The van der Waals surface area contributed by atoms with Crippen LogP contribution in [0.15, 0.2) is 368 Å². The lowest BCUT2D eigenvalue weighted by molar-refractivity contribution is 0.669. The van der Waals surface area contributed by atoms with Crippen molar-refractivity contribution in [2.45, 2.75) is 0 Å². The molecule has 0 aliphatic carbocycles. The molecule has 18 aromatic carbocycles. The predicted molar refractivity (Wildman–Crippen MR) is 504 cm³/mol. The molecule has 0 N–H and O–H groups in total. The van der Waals surface area contributed by atoms with Gasteiger partial charge in [-0.15, -0.1) is 11.3 Å². The Bertz CT molecular complexity index is 9350. The van der Waals surface area contributed by atoms with Gasteiger partial charge in [-0.05, 0) is 94.7 Å². The maximum absolute atomic E-state index is 7.00. The van der Waals surface area contributed by atoms with Gasteiger partial charge in [-0.2, -0.15) is 0 Å². The number of hydrogen-bond donors (Lipinski definition) is 0. The minimum absolute atomic E-state index is 0.509. The Balaban J connectivity index is 0.646. The first-order valence-corrected chi connectivity index (χ1v) is 42.1. The number of para-hydroxylation sites is 4. The highest BCUT2D eigenvalue weighted by Gasteiger charge is 2.30. The second kappa shape index (κ2) is 24.7. The van der Waals surface area contributed by atoms with E-state index < -0.39 is 0 Å². The molecule has 0 fully saturated rings. The molecule has 0 unspecified atom stereocenters. The number of aromatic nitrogens is 10. The van der Waals surface area contributed by atoms with Crippen molar-refractivity contribution < 1.29 is 4.42 Å². The Morgan fingerprint density at radius 3 is 1.25 bits per heavy atom. The number of thiophene rings is 1. The summed E-state index contributed by atoms with van der Waals surface area (Å²) < 4.78 is 19.3. The molecule has 0 saturated heterocycles. The molecule has 562 valence electrons. The molecule has 0 bridgehead atoms. The first-order valence-electron chi connectivity index (χ1n) is 41.3. The highest BCUT2D eigenvalue weighted by molar-refractivity contribution is 7.26. The van der Waals surface area contributed by atoms with Crippen molar-refractivity contribution in [3.63, 3.8) is 0 Å². The van der Waals surface area contributed by atoms with Crippen LogP contribution < -0.4 is 0 Å². The Labute approximate surface area is 697 Å². The summed E-state index contributed by atoms with van der Waals surface area (Å²) in [6.45, 7) is 0. The minimum atomic E-state index is 0.509. The predicted octanol–water partition coefficient (Wildman–Crippen LogP) is 28.8. The van der Waals surface area contributed by atoms with E-state index >= 15 is 0 Å². The van der Waals surface area contributed by atoms with Gasteiger partial charge in [0.1, 0.15) is 11.2 Å². The third-order valence-corrected chi connectivity index (χ3v) is 27.0. The van der Waals surface area contributed by atoms with Gasteiger partial charge in [-0.3, -0.25) is 0 Å². The molecular weight excluding hydrogens is 1510 g/mol. The number of nitrogens with zero attached hydrogens (tertiary/aromatic N) is 10. The maximum atomic E-state index is 7.00. The van der Waals surface area contributed by atoms with E-state index in [1.54, 1.807) is 0 Å². The molecule has 0 spiro atoms. The van der Waals surface area contributed by atoms with Gasteiger partial charge >= 0.3 is 0 Å². The second-order valence-electron chi connectivity index (χ2n) is 32.3. The zero-order valence-corrected chi connectivity index (χ0v) is 65.7. The molecule has 10 aromatic heterocycles. The van der Waals surface area contributed by atoms with Crippen LogP contribution in [0.25, 0.3) is 274 Å². The summed E-state index contributed by atoms with van der Waals surface area (Å²) in [6.07, 6.45) is 0. The van der Waals surface area contributed by atoms with Crippen LogP contribution in [0.5, 0.6) is 0 Å². The molecule has 0 saturated carbocycles. The fraction of sp³-hybridized carbons (Fsp3) is 0. The van der Waals surface area contributed by atoms with Crippen molar-refractivity contribution in [3.8, 4) is 90.8 Å². The summed E-state index contributed by atoms with van der Waals surface area (Å²) in [7, 11) is 0. The van der Waals surface area contributed by atoms with E-state index in [0.29, 0.717) is 40.5 Å². The SMILES string of the molecule is c1ccc(-c2nc(-c3ccccc3)nc(-c3cc(-n4c5cc6c(cc5c5ccc7ccccc7c54)c4c(-c5ccc(-c7nc(-c8ccccc8)nc(-c8cc(-n9c%10cc%11c(cc%10c%10ccc%12ccccc%12c%109)c9cccc%10c%12ccccc%12n%11c%109)cc9sc%10ccccc%10c89)n7)cc5)ccc5c7ccccc7n6c54)cc4c3oc3ccccc34)n2)cc1. The lowest BCUT2D eigenvalue weighted by Crippen LogP contribution is -2.02. The number of rotatable bonds is 9. The quantitative estimate of drug-likeness (QED) is 0.142. The van der Waals surface area contributed by atoms with E-state index in [2.05, 4.69) is 327 Å². The Hall–Kier alpha value is -16.3. The van der Waals surface area contributed by atoms with Gasteiger partial charge in [0, 0.05) is 146 Å². The van der Waals surface area contributed by atoms with Crippen LogP contribution in [0.1, 0.15) is 0 Å². The third kappa shape index (κ3) is 9.21. The number of fused-ring (bicyclic) bond motifs is 28. The van der Waals surface area contributed by atoms with E-state index in [1.165, 1.54) is 86.0 Å². The Kier molecular flexibility index (Phi) is 13.3. The van der Waals surface area contributed by atoms with Crippen LogP contribution in [0.4, 0.5) is 0 Å². The molecule has 0 radical (unpaired) electrons. The van der Waals surface area contributed by atoms with Gasteiger partial charge in [0.05, 0.1) is 60.7 Å². The summed E-state index contributed by atoms with van der Waals surface area (Å²) in [5.41, 5.74) is 22.3. The molecular formula is C110H60N10OS. The van der Waals surface area contributed by atoms with Crippen molar-refractivity contribution in [2.24, 2.45) is 0 Å². The van der Waals surface area contributed by atoms with Gasteiger partial charge in [0.25, 0.3) is 0 Å². The summed E-state index contributed by atoms with van der Waals surface area (Å²) >= 11 is 1.81. The van der Waals surface area contributed by atoms with E-state index in [-0.39, 0.29) is 0 Å². The van der Waals surface area contributed by atoms with Gasteiger partial charge in [0.2, 0.25) is 0 Å². The smallest absolute Gasteiger partial charge is 0.167 e. The third-order valence-electron chi connectivity index (χ3n) is 25.9. The fourth-order valence-corrected chi connectivity index (χ4v) is 21.7. The van der Waals surface area contributed by atoms with Crippen LogP contribution in [0, 0.1) is 0 Å². The normalized spacial score (nSPS) is 12.4. The first-order chi connectivity index (χ1) is 60.5. The van der Waals surface area contributed by atoms with Crippen molar-refractivity contribution in [1.29, 1.82) is 0 Å². The molecule has 28 rings (SSSR count). The minimum Gasteiger partial charge on any atom is -0.455 e. The highest BCUT2D eigenvalue weighted by Crippen LogP contribution is 2.52. The molecule has 0 aliphatic heterocycles. The summed E-state index contributed by atoms with van der Waals surface area (Å²) in [4.78, 5) is 32.7. The largest absolute Gasteiger partial charge is 0.455 e. The molecule has 11 nitrogen and oxygen atoms in total. The van der Waals surface area contributed by atoms with Gasteiger partial charge in [-0.25, -0.2) is 29.9 Å². The summed E-state index contributed by atoms with van der Waals surface area (Å²) in [6, 6.07) is 132. The molecule has 10 heterocycles. The van der Waals surface area contributed by atoms with Crippen LogP contribution in [-0.4, -0.2) is 47.8 Å². The lowest BCUT2D eigenvalue weighted by Gasteiger charge is -2.14. The van der Waals surface area contributed by atoms with Crippen LogP contribution in [0.3, 0.4) is 0 Å². The Morgan fingerprint density at radius 2 is 0.639 bits per heavy atom. The van der Waals surface area contributed by atoms with Crippen molar-refractivity contribution >= 4 is 195 Å². The maximum Gasteiger partial charge on any atom is 0.167 e. The lowest BCUT2D eigenvalue weighted by atomic mass is 9.96. The van der Waals surface area contributed by atoms with E-state index in [9.17, 15) is 0 Å². The fourth-order valence-electron chi connectivity index (χ4n) is 20.6. The molecule has 0 aliphatic rings. The summed E-state index contributed by atoms with van der Waals surface area (Å²) in [5, 5.41) is 23.2. The first kappa shape index (κ1) is 65.8. The van der Waals surface area contributed by atoms with Gasteiger partial charge in [-0.1, -0.05) is 291 Å². The van der Waals surface area contributed by atoms with Crippen molar-refractivity contribution in [1.82, 2.24) is 47.8 Å². The number of furan rings is 1. The van der Waals surface area contributed by atoms with Crippen LogP contribution in [0.2, 0.25) is 0 Å². The molecule has 0 atom stereocenters. The standard InChI is InChI=1S/C110H60N10OS/c1-4-25-64(26-5-1)105-112-108(114-109(113-105)87-54-69(56-97-98(87)81-36-17-21-42-96(81)122-97)118-91-59-93-82(57-83(91)79-49-47-62-24-11-13-32-72(62)101(79)118)77-38-22-37-76-73-33-14-18-39-89(73)119(93)102(76)77)67-45-43-63(44-46-67)70-51-52-78-74-34-15-19-40-90(74)120-94-60-92-84(58-86(94)99(70)103(78)120)80-50-48-61-23-10-12-31-71(61)100(80)117(92)68-53-85-75-35-16-20-41-95(75)121-104(85)88(55-68)110-115-106(65-27-6-2-7-28-65)111-107(116-110)66-29-8-3-9-30-66/h1-60H. The zero-order chi connectivity index (χ0) is 79.3. The number of benzene rings is 18. The highest BCUT2D eigenvalue weighted by atomic mass is 32.1. The molecule has 12 heteroatoms. The topological polar surface area (TPSA) is 109 Å². The van der Waals surface area contributed by atoms with Crippen molar-refractivity contribution in [3.05, 3.63) is 364 Å². The van der Waals surface area contributed by atoms with Crippen LogP contribution in [-0.2, 0) is 0 Å². The molecule has 122 heavy (non-hydrogen) atoms. The van der Waals surface area contributed by atoms with E-state index in [0.717, 1.165) is 148 Å². The average Bonchev–Trinajstić information content (AvgIpc) is 1.69. The van der Waals surface area contributed by atoms with Gasteiger partial charge < -0.3 is 22.4 Å². The van der Waals surface area contributed by atoms with E-state index in [4.69, 9.17) is 34.3 Å². The van der Waals surface area contributed by atoms with Crippen LogP contribution >= 0.6 is 11.3 Å².